The topological polar surface area (TPSA) is 121 Å². The van der Waals surface area contributed by atoms with Crippen molar-refractivity contribution in [1.29, 1.82) is 0 Å². The van der Waals surface area contributed by atoms with E-state index in [1.165, 1.54) is 19.2 Å². The molecule has 10 heteroatoms. The number of benzene rings is 1. The summed E-state index contributed by atoms with van der Waals surface area (Å²) in [5.41, 5.74) is 0.309. The molecule has 0 fully saturated rings. The van der Waals surface area contributed by atoms with Gasteiger partial charge in [-0.1, -0.05) is 0 Å². The molecule has 2 heterocycles. The average molecular weight is 411 g/mol. The molecule has 1 aromatic carbocycles. The Morgan fingerprint density at radius 2 is 2.03 bits per heavy atom. The smallest absolute Gasteiger partial charge is 0.286 e. The van der Waals surface area contributed by atoms with Crippen molar-refractivity contribution in [2.24, 2.45) is 0 Å². The predicted molar refractivity (Wildman–Crippen MR) is 108 cm³/mol. The molecule has 3 aromatic rings. The molecule has 1 N–H and O–H groups in total. The first-order chi connectivity index (χ1) is 14.4. The average Bonchev–Trinajstić information content (AvgIpc) is 3.18. The fourth-order valence-electron chi connectivity index (χ4n) is 2.91. The van der Waals surface area contributed by atoms with Crippen molar-refractivity contribution in [3.8, 4) is 17.3 Å². The summed E-state index contributed by atoms with van der Waals surface area (Å²) in [6.07, 6.45) is 5.08. The van der Waals surface area contributed by atoms with Crippen LogP contribution in [0, 0.1) is 17.0 Å². The molecule has 0 saturated heterocycles. The molecule has 0 aliphatic rings. The molecule has 2 aromatic heterocycles. The second-order valence-electron chi connectivity index (χ2n) is 6.26. The van der Waals surface area contributed by atoms with E-state index in [9.17, 15) is 14.9 Å². The third-order valence-corrected chi connectivity index (χ3v) is 4.36. The molecule has 0 aliphatic carbocycles. The quantitative estimate of drug-likeness (QED) is 0.447. The zero-order valence-electron chi connectivity index (χ0n) is 16.8. The van der Waals surface area contributed by atoms with E-state index in [2.05, 4.69) is 15.3 Å². The summed E-state index contributed by atoms with van der Waals surface area (Å²) in [6, 6.07) is 6.07. The number of rotatable bonds is 8. The van der Waals surface area contributed by atoms with Crippen LogP contribution in [-0.2, 0) is 6.54 Å². The van der Waals surface area contributed by atoms with Gasteiger partial charge in [0.05, 0.1) is 24.7 Å². The van der Waals surface area contributed by atoms with Crippen molar-refractivity contribution in [3.63, 3.8) is 0 Å². The summed E-state index contributed by atoms with van der Waals surface area (Å²) in [6.45, 7) is 4.11. The summed E-state index contributed by atoms with van der Waals surface area (Å²) in [4.78, 5) is 32.0. The van der Waals surface area contributed by atoms with Gasteiger partial charge in [-0.2, -0.15) is 0 Å². The van der Waals surface area contributed by atoms with Crippen LogP contribution in [0.4, 0.5) is 5.69 Å². The lowest BCUT2D eigenvalue weighted by molar-refractivity contribution is -0.385. The molecule has 0 spiro atoms. The van der Waals surface area contributed by atoms with Crippen LogP contribution >= 0.6 is 0 Å². The van der Waals surface area contributed by atoms with Crippen molar-refractivity contribution in [2.45, 2.75) is 20.4 Å². The zero-order chi connectivity index (χ0) is 21.7. The molecule has 3 rings (SSSR count). The number of amides is 1. The second kappa shape index (κ2) is 9.03. The standard InChI is InChI=1S/C20H21N5O5/c1-4-30-18-10-15(16(25(27)28)11-17(18)29-3)20(26)23-12-14-5-6-22-19(9-14)24-8-7-21-13(24)2/h5-11H,4,12H2,1-3H3,(H,23,26). The maximum Gasteiger partial charge on any atom is 0.286 e. The van der Waals surface area contributed by atoms with Gasteiger partial charge in [-0.15, -0.1) is 0 Å². The normalized spacial score (nSPS) is 10.5. The molecule has 0 atom stereocenters. The molecule has 10 nitrogen and oxygen atoms in total. The number of hydrogen-bond donors (Lipinski definition) is 1. The number of imidazole rings is 1. The Kier molecular flexibility index (Phi) is 6.26. The van der Waals surface area contributed by atoms with Crippen LogP contribution in [0.25, 0.3) is 5.82 Å². The number of aromatic nitrogens is 3. The summed E-state index contributed by atoms with van der Waals surface area (Å²) in [7, 11) is 1.38. The first kappa shape index (κ1) is 20.8. The number of nitrogens with one attached hydrogen (secondary N) is 1. The molecule has 0 aliphatic heterocycles. The van der Waals surface area contributed by atoms with Gasteiger partial charge in [0.2, 0.25) is 0 Å². The van der Waals surface area contributed by atoms with E-state index in [0.717, 1.165) is 11.4 Å². The van der Waals surface area contributed by atoms with Gasteiger partial charge in [0.15, 0.2) is 11.5 Å². The summed E-state index contributed by atoms with van der Waals surface area (Å²) in [5, 5.41) is 14.2. The fraction of sp³-hybridized carbons (Fsp3) is 0.250. The third-order valence-electron chi connectivity index (χ3n) is 4.36. The Morgan fingerprint density at radius 1 is 1.23 bits per heavy atom. The minimum atomic E-state index is -0.625. The summed E-state index contributed by atoms with van der Waals surface area (Å²) < 4.78 is 12.4. The number of carbonyl (C=O) groups is 1. The highest BCUT2D eigenvalue weighted by Gasteiger charge is 2.24. The number of ether oxygens (including phenoxy) is 2. The van der Waals surface area contributed by atoms with Gasteiger partial charge in [-0.25, -0.2) is 9.97 Å². The molecule has 156 valence electrons. The molecular formula is C20H21N5O5. The van der Waals surface area contributed by atoms with Gasteiger partial charge in [0.1, 0.15) is 17.2 Å². The molecule has 0 bridgehead atoms. The molecule has 0 radical (unpaired) electrons. The van der Waals surface area contributed by atoms with Crippen molar-refractivity contribution in [1.82, 2.24) is 19.9 Å². The van der Waals surface area contributed by atoms with Crippen molar-refractivity contribution in [2.75, 3.05) is 13.7 Å². The van der Waals surface area contributed by atoms with E-state index in [4.69, 9.17) is 9.47 Å². The Labute approximate surface area is 172 Å². The summed E-state index contributed by atoms with van der Waals surface area (Å²) >= 11 is 0. The van der Waals surface area contributed by atoms with Gasteiger partial charge in [0, 0.05) is 31.2 Å². The Hall–Kier alpha value is -3.95. The van der Waals surface area contributed by atoms with Crippen LogP contribution in [-0.4, -0.2) is 39.1 Å². The van der Waals surface area contributed by atoms with E-state index < -0.39 is 10.8 Å². The van der Waals surface area contributed by atoms with Gasteiger partial charge < -0.3 is 14.8 Å². The van der Waals surface area contributed by atoms with Crippen LogP contribution < -0.4 is 14.8 Å². The van der Waals surface area contributed by atoms with E-state index in [-0.39, 0.29) is 29.3 Å². The van der Waals surface area contributed by atoms with Crippen LogP contribution in [0.1, 0.15) is 28.7 Å². The number of methoxy groups -OCH3 is 1. The zero-order valence-corrected chi connectivity index (χ0v) is 16.8. The molecule has 30 heavy (non-hydrogen) atoms. The predicted octanol–water partition coefficient (Wildman–Crippen LogP) is 2.82. The van der Waals surface area contributed by atoms with Gasteiger partial charge in [-0.3, -0.25) is 19.5 Å². The SMILES string of the molecule is CCOc1cc(C(=O)NCc2ccnc(-n3ccnc3C)c2)c([N+](=O)[O-])cc1OC. The van der Waals surface area contributed by atoms with Crippen molar-refractivity contribution in [3.05, 3.63) is 69.9 Å². The second-order valence-corrected chi connectivity index (χ2v) is 6.26. The molecule has 0 saturated carbocycles. The maximum absolute atomic E-state index is 12.7. The van der Waals surface area contributed by atoms with Gasteiger partial charge in [0.25, 0.3) is 11.6 Å². The minimum absolute atomic E-state index is 0.107. The lowest BCUT2D eigenvalue weighted by Gasteiger charge is -2.12. The number of carbonyl (C=O) groups excluding carboxylic acids is 1. The number of nitro groups is 1. The maximum atomic E-state index is 12.7. The molecular weight excluding hydrogens is 390 g/mol. The largest absolute Gasteiger partial charge is 0.493 e. The number of nitrogens with zero attached hydrogens (tertiary/aromatic N) is 4. The number of aryl methyl sites for hydroxylation is 1. The van der Waals surface area contributed by atoms with E-state index in [1.54, 1.807) is 31.6 Å². The molecule has 0 unspecified atom stereocenters. The lowest BCUT2D eigenvalue weighted by atomic mass is 10.1. The Bertz CT molecular complexity index is 1080. The Balaban J connectivity index is 1.83. The number of hydrogen-bond acceptors (Lipinski definition) is 7. The fourth-order valence-corrected chi connectivity index (χ4v) is 2.91. The number of nitro benzene ring substituents is 1. The van der Waals surface area contributed by atoms with E-state index in [1.807, 2.05) is 17.6 Å². The highest BCUT2D eigenvalue weighted by Crippen LogP contribution is 2.34. The van der Waals surface area contributed by atoms with Crippen molar-refractivity contribution >= 4 is 11.6 Å². The first-order valence-corrected chi connectivity index (χ1v) is 9.17. The van der Waals surface area contributed by atoms with Crippen LogP contribution in [0.15, 0.2) is 42.9 Å². The van der Waals surface area contributed by atoms with Crippen LogP contribution in [0.2, 0.25) is 0 Å². The third kappa shape index (κ3) is 4.37. The summed E-state index contributed by atoms with van der Waals surface area (Å²) in [5.74, 6) is 1.29. The van der Waals surface area contributed by atoms with Crippen LogP contribution in [0.3, 0.4) is 0 Å². The lowest BCUT2D eigenvalue weighted by Crippen LogP contribution is -2.24. The highest BCUT2D eigenvalue weighted by molar-refractivity contribution is 5.99. The minimum Gasteiger partial charge on any atom is -0.493 e. The highest BCUT2D eigenvalue weighted by atomic mass is 16.6. The van der Waals surface area contributed by atoms with E-state index in [0.29, 0.717) is 12.4 Å². The molecule has 1 amide bonds. The Morgan fingerprint density at radius 3 is 2.67 bits per heavy atom. The van der Waals surface area contributed by atoms with Gasteiger partial charge >= 0.3 is 0 Å². The van der Waals surface area contributed by atoms with Crippen LogP contribution in [0.5, 0.6) is 11.5 Å². The van der Waals surface area contributed by atoms with E-state index >= 15 is 0 Å². The first-order valence-electron chi connectivity index (χ1n) is 9.17. The van der Waals surface area contributed by atoms with Crippen molar-refractivity contribution < 1.29 is 19.2 Å². The monoisotopic (exact) mass is 411 g/mol. The number of pyridine rings is 1. The van der Waals surface area contributed by atoms with Gasteiger partial charge in [-0.05, 0) is 31.5 Å².